The van der Waals surface area contributed by atoms with E-state index >= 15 is 0 Å². The molecular weight excluding hydrogens is 226 g/mol. The van der Waals surface area contributed by atoms with E-state index in [0.29, 0.717) is 5.56 Å². The molecule has 0 bridgehead atoms. The van der Waals surface area contributed by atoms with Crippen molar-refractivity contribution in [2.75, 3.05) is 7.11 Å². The third-order valence-electron chi connectivity index (χ3n) is 2.55. The van der Waals surface area contributed by atoms with Crippen LogP contribution in [0.15, 0.2) is 54.9 Å². The number of pyridine rings is 1. The molecular formula is C15H14NO2+. The first-order chi connectivity index (χ1) is 8.79. The molecule has 90 valence electrons. The first kappa shape index (κ1) is 12.0. The Bertz CT molecular complexity index is 544. The number of carbonyl (C=O) groups is 1. The predicted octanol–water partition coefficient (Wildman–Crippen LogP) is 2.41. The minimum absolute atomic E-state index is 0.0141. The second-order valence-electron chi connectivity index (χ2n) is 3.76. The van der Waals surface area contributed by atoms with E-state index in [1.165, 1.54) is 0 Å². The van der Waals surface area contributed by atoms with Gasteiger partial charge in [0.1, 0.15) is 5.75 Å². The highest BCUT2D eigenvalue weighted by molar-refractivity contribution is 6.06. The topological polar surface area (TPSA) is 40.4 Å². The van der Waals surface area contributed by atoms with Crippen LogP contribution in [-0.4, -0.2) is 12.9 Å². The predicted molar refractivity (Wildman–Crippen MR) is 69.4 cm³/mol. The summed E-state index contributed by atoms with van der Waals surface area (Å²) in [5.74, 6) is 0.789. The molecule has 2 aromatic rings. The maximum atomic E-state index is 11.8. The molecule has 0 fully saturated rings. The number of methoxy groups -OCH3 is 1. The molecule has 0 aliphatic heterocycles. The van der Waals surface area contributed by atoms with Crippen LogP contribution in [0.2, 0.25) is 0 Å². The third-order valence-corrected chi connectivity index (χ3v) is 2.55. The molecule has 0 saturated carbocycles. The summed E-state index contributed by atoms with van der Waals surface area (Å²) in [6, 6.07) is 11.0. The molecule has 18 heavy (non-hydrogen) atoms. The lowest BCUT2D eigenvalue weighted by atomic mass is 10.1. The van der Waals surface area contributed by atoms with Gasteiger partial charge in [-0.1, -0.05) is 18.2 Å². The van der Waals surface area contributed by atoms with Gasteiger partial charge in [-0.3, -0.25) is 4.79 Å². The third kappa shape index (κ3) is 3.04. The minimum Gasteiger partial charge on any atom is -0.497 e. The molecule has 1 aromatic heterocycles. The number of carbonyl (C=O) groups excluding carboxylic acids is 1. The average Bonchev–Trinajstić information content (AvgIpc) is 2.46. The second-order valence-corrected chi connectivity index (χ2v) is 3.76. The average molecular weight is 240 g/mol. The summed E-state index contributed by atoms with van der Waals surface area (Å²) in [5.41, 5.74) is 1.63. The number of benzene rings is 1. The summed E-state index contributed by atoms with van der Waals surface area (Å²) >= 11 is 0. The fourth-order valence-electron chi connectivity index (χ4n) is 1.53. The van der Waals surface area contributed by atoms with Crippen molar-refractivity contribution in [1.82, 2.24) is 0 Å². The van der Waals surface area contributed by atoms with Gasteiger partial charge in [-0.15, -0.1) is 0 Å². The molecule has 0 amide bonds. The zero-order valence-electron chi connectivity index (χ0n) is 10.1. The van der Waals surface area contributed by atoms with E-state index < -0.39 is 0 Å². The molecule has 0 aliphatic rings. The van der Waals surface area contributed by atoms with Crippen molar-refractivity contribution in [2.45, 2.75) is 0 Å². The lowest BCUT2D eigenvalue weighted by Crippen LogP contribution is -2.01. The number of aromatic nitrogens is 1. The molecule has 0 radical (unpaired) electrons. The number of rotatable bonds is 4. The molecule has 1 heterocycles. The van der Waals surface area contributed by atoms with Crippen LogP contribution in [-0.2, 0) is 0 Å². The van der Waals surface area contributed by atoms with E-state index in [0.717, 1.165) is 11.3 Å². The Balaban J connectivity index is 2.08. The van der Waals surface area contributed by atoms with Crippen molar-refractivity contribution in [3.8, 4) is 5.75 Å². The Morgan fingerprint density at radius 2 is 1.78 bits per heavy atom. The first-order valence-corrected chi connectivity index (χ1v) is 5.62. The van der Waals surface area contributed by atoms with Crippen molar-refractivity contribution in [1.29, 1.82) is 0 Å². The minimum atomic E-state index is -0.0141. The van der Waals surface area contributed by atoms with Gasteiger partial charge < -0.3 is 4.74 Å². The molecule has 1 aromatic carbocycles. The van der Waals surface area contributed by atoms with Crippen LogP contribution >= 0.6 is 0 Å². The highest BCUT2D eigenvalue weighted by atomic mass is 16.5. The van der Waals surface area contributed by atoms with Crippen molar-refractivity contribution in [3.05, 3.63) is 66.0 Å². The molecule has 1 N–H and O–H groups in total. The van der Waals surface area contributed by atoms with Crippen LogP contribution in [0, 0.1) is 0 Å². The highest BCUT2D eigenvalue weighted by Crippen LogP contribution is 2.12. The first-order valence-electron chi connectivity index (χ1n) is 5.62. The zero-order chi connectivity index (χ0) is 12.8. The lowest BCUT2D eigenvalue weighted by molar-refractivity contribution is -0.378. The van der Waals surface area contributed by atoms with Crippen LogP contribution in [0.1, 0.15) is 15.9 Å². The second kappa shape index (κ2) is 5.77. The molecule has 3 nitrogen and oxygen atoms in total. The van der Waals surface area contributed by atoms with Crippen molar-refractivity contribution in [2.24, 2.45) is 0 Å². The normalized spacial score (nSPS) is 10.5. The number of ether oxygens (including phenoxy) is 1. The van der Waals surface area contributed by atoms with Crippen LogP contribution < -0.4 is 9.72 Å². The standard InChI is InChI=1S/C15H13NO2/c1-18-14-5-2-12(3-6-14)4-7-15(17)13-8-10-16-11-9-13/h2-11H,1H3/p+1/b7-4+. The van der Waals surface area contributed by atoms with Crippen LogP contribution in [0.3, 0.4) is 0 Å². The van der Waals surface area contributed by atoms with Gasteiger partial charge in [0.15, 0.2) is 18.2 Å². The monoisotopic (exact) mass is 240 g/mol. The Kier molecular flexibility index (Phi) is 3.86. The van der Waals surface area contributed by atoms with Gasteiger partial charge in [0.25, 0.3) is 0 Å². The van der Waals surface area contributed by atoms with Gasteiger partial charge in [-0.25, -0.2) is 4.98 Å². The zero-order valence-corrected chi connectivity index (χ0v) is 10.1. The molecule has 0 unspecified atom stereocenters. The summed E-state index contributed by atoms with van der Waals surface area (Å²) in [4.78, 5) is 14.7. The van der Waals surface area contributed by atoms with E-state index in [9.17, 15) is 4.79 Å². The Morgan fingerprint density at radius 3 is 2.39 bits per heavy atom. The van der Waals surface area contributed by atoms with Crippen molar-refractivity contribution >= 4 is 11.9 Å². The van der Waals surface area contributed by atoms with E-state index in [1.54, 1.807) is 43.8 Å². The maximum Gasteiger partial charge on any atom is 0.186 e. The van der Waals surface area contributed by atoms with Crippen molar-refractivity contribution in [3.63, 3.8) is 0 Å². The molecule has 0 atom stereocenters. The Hall–Kier alpha value is -2.42. The van der Waals surface area contributed by atoms with Crippen molar-refractivity contribution < 1.29 is 14.5 Å². The number of aromatic amines is 1. The van der Waals surface area contributed by atoms with Gasteiger partial charge in [-0.2, -0.15) is 0 Å². The number of hydrogen-bond acceptors (Lipinski definition) is 2. The summed E-state index contributed by atoms with van der Waals surface area (Å²) in [6.45, 7) is 0. The van der Waals surface area contributed by atoms with Gasteiger partial charge in [0.05, 0.1) is 7.11 Å². The lowest BCUT2D eigenvalue weighted by Gasteiger charge is -1.98. The summed E-state index contributed by atoms with van der Waals surface area (Å²) < 4.78 is 5.07. The number of hydrogen-bond donors (Lipinski definition) is 0. The number of H-pyrrole nitrogens is 1. The molecule has 0 saturated heterocycles. The largest absolute Gasteiger partial charge is 0.497 e. The maximum absolute atomic E-state index is 11.8. The number of allylic oxidation sites excluding steroid dienone is 1. The fraction of sp³-hybridized carbons (Fsp3) is 0.0667. The molecule has 0 spiro atoms. The quantitative estimate of drug-likeness (QED) is 0.608. The number of nitrogens with one attached hydrogen (secondary N) is 1. The summed E-state index contributed by atoms with van der Waals surface area (Å²) in [7, 11) is 1.63. The van der Waals surface area contributed by atoms with E-state index in [1.807, 2.05) is 24.3 Å². The SMILES string of the molecule is COc1ccc(/C=C/C(=O)c2cc[nH+]cc2)cc1. The molecule has 2 rings (SSSR count). The molecule has 0 aliphatic carbocycles. The van der Waals surface area contributed by atoms with Crippen LogP contribution in [0.5, 0.6) is 5.75 Å². The van der Waals surface area contributed by atoms with Gasteiger partial charge in [0.2, 0.25) is 0 Å². The fourth-order valence-corrected chi connectivity index (χ4v) is 1.53. The van der Waals surface area contributed by atoms with E-state index in [4.69, 9.17) is 4.74 Å². The van der Waals surface area contributed by atoms with Crippen LogP contribution in [0.4, 0.5) is 0 Å². The van der Waals surface area contributed by atoms with Gasteiger partial charge in [-0.05, 0) is 23.8 Å². The summed E-state index contributed by atoms with van der Waals surface area (Å²) in [6.07, 6.45) is 6.82. The van der Waals surface area contributed by atoms with E-state index in [2.05, 4.69) is 4.98 Å². The van der Waals surface area contributed by atoms with Crippen LogP contribution in [0.25, 0.3) is 6.08 Å². The van der Waals surface area contributed by atoms with Gasteiger partial charge in [0, 0.05) is 17.7 Å². The smallest absolute Gasteiger partial charge is 0.186 e. The molecule has 3 heteroatoms. The van der Waals surface area contributed by atoms with Gasteiger partial charge >= 0.3 is 0 Å². The Labute approximate surface area is 106 Å². The summed E-state index contributed by atoms with van der Waals surface area (Å²) in [5, 5.41) is 0. The van der Waals surface area contributed by atoms with E-state index in [-0.39, 0.29) is 5.78 Å². The number of ketones is 1. The highest BCUT2D eigenvalue weighted by Gasteiger charge is 2.01. The Morgan fingerprint density at radius 1 is 1.11 bits per heavy atom.